The van der Waals surface area contributed by atoms with Crippen molar-refractivity contribution in [1.82, 2.24) is 24.1 Å². The van der Waals surface area contributed by atoms with Crippen molar-refractivity contribution in [3.05, 3.63) is 89.7 Å². The van der Waals surface area contributed by atoms with Crippen LogP contribution in [0, 0.1) is 6.92 Å². The number of benzene rings is 3. The quantitative estimate of drug-likeness (QED) is 0.206. The smallest absolute Gasteiger partial charge is 0.253 e. The normalized spacial score (nSPS) is 22.6. The lowest BCUT2D eigenvalue weighted by atomic mass is 9.70. The summed E-state index contributed by atoms with van der Waals surface area (Å²) in [5.74, 6) is 1.19. The van der Waals surface area contributed by atoms with Crippen molar-refractivity contribution in [3.8, 4) is 5.75 Å². The van der Waals surface area contributed by atoms with Crippen LogP contribution in [0.5, 0.6) is 5.75 Å². The minimum Gasteiger partial charge on any atom is -0.495 e. The van der Waals surface area contributed by atoms with Crippen LogP contribution in [0.4, 0.5) is 0 Å². The molecule has 3 aliphatic rings. The number of aryl methyl sites for hydroxylation is 1. The number of imidazole rings is 1. The van der Waals surface area contributed by atoms with Gasteiger partial charge in [0.25, 0.3) is 5.91 Å². The molecule has 1 N–H and O–H groups in total. The molecule has 1 aromatic heterocycles. The second-order valence-corrected chi connectivity index (χ2v) is 16.3. The maximum absolute atomic E-state index is 13.8. The van der Waals surface area contributed by atoms with Crippen molar-refractivity contribution in [2.24, 2.45) is 0 Å². The third-order valence-corrected chi connectivity index (χ3v) is 13.0. The van der Waals surface area contributed by atoms with Gasteiger partial charge in [-0.1, -0.05) is 42.5 Å². The number of nitrogens with one attached hydrogen (secondary N) is 1. The van der Waals surface area contributed by atoms with Gasteiger partial charge in [0.1, 0.15) is 16.5 Å². The number of carbonyl (C=O) groups is 1. The summed E-state index contributed by atoms with van der Waals surface area (Å²) in [6, 6.07) is 25.4. The topological polar surface area (TPSA) is 96.8 Å². The number of piperidine rings is 2. The van der Waals surface area contributed by atoms with Crippen LogP contribution in [0.2, 0.25) is 0 Å². The number of carbonyl (C=O) groups excluding carboxylic acids is 1. The molecule has 260 valence electrons. The summed E-state index contributed by atoms with van der Waals surface area (Å²) in [5, 5.41) is 0. The molecular formula is C39H49N5O4S. The van der Waals surface area contributed by atoms with E-state index >= 15 is 0 Å². The van der Waals surface area contributed by atoms with E-state index in [-0.39, 0.29) is 28.0 Å². The second-order valence-electron chi connectivity index (χ2n) is 14.6. The molecule has 3 fully saturated rings. The van der Waals surface area contributed by atoms with Gasteiger partial charge in [0.15, 0.2) is 0 Å². The Labute approximate surface area is 290 Å². The Hall–Kier alpha value is -3.73. The van der Waals surface area contributed by atoms with Gasteiger partial charge in [0.05, 0.1) is 18.1 Å². The van der Waals surface area contributed by atoms with E-state index in [0.29, 0.717) is 36.8 Å². The van der Waals surface area contributed by atoms with Gasteiger partial charge in [-0.3, -0.25) is 9.69 Å². The summed E-state index contributed by atoms with van der Waals surface area (Å²) in [5.41, 5.74) is 4.02. The molecule has 2 bridgehead atoms. The van der Waals surface area contributed by atoms with Crippen LogP contribution >= 0.6 is 0 Å². The van der Waals surface area contributed by atoms with Crippen LogP contribution in [0.25, 0.3) is 11.0 Å². The summed E-state index contributed by atoms with van der Waals surface area (Å²) >= 11 is 0. The molecule has 10 heteroatoms. The summed E-state index contributed by atoms with van der Waals surface area (Å²) in [6.45, 7) is 7.97. The molecule has 4 heterocycles. The van der Waals surface area contributed by atoms with Gasteiger partial charge in [-0.15, -0.1) is 0 Å². The number of methoxy groups -OCH3 is 1. The van der Waals surface area contributed by atoms with Crippen molar-refractivity contribution >= 4 is 27.0 Å². The molecule has 0 radical (unpaired) electrons. The first-order valence-electron chi connectivity index (χ1n) is 17.8. The van der Waals surface area contributed by atoms with Crippen LogP contribution in [-0.4, -0.2) is 78.5 Å². The molecule has 0 aliphatic carbocycles. The zero-order chi connectivity index (χ0) is 34.3. The van der Waals surface area contributed by atoms with Gasteiger partial charge in [0.2, 0.25) is 10.0 Å². The molecule has 2 unspecified atom stereocenters. The highest BCUT2D eigenvalue weighted by Gasteiger charge is 2.44. The first-order valence-corrected chi connectivity index (χ1v) is 19.3. The first-order chi connectivity index (χ1) is 23.6. The number of hydrogen-bond acceptors (Lipinski definition) is 6. The average Bonchev–Trinajstić information content (AvgIpc) is 3.56. The van der Waals surface area contributed by atoms with E-state index in [1.165, 1.54) is 37.1 Å². The van der Waals surface area contributed by atoms with Crippen molar-refractivity contribution in [2.45, 2.75) is 100 Å². The largest absolute Gasteiger partial charge is 0.495 e. The third-order valence-electron chi connectivity index (χ3n) is 11.3. The Morgan fingerprint density at radius 2 is 1.63 bits per heavy atom. The fourth-order valence-electron chi connectivity index (χ4n) is 8.98. The van der Waals surface area contributed by atoms with E-state index in [9.17, 15) is 13.2 Å². The molecular weight excluding hydrogens is 635 g/mol. The third kappa shape index (κ3) is 6.51. The number of rotatable bonds is 10. The lowest BCUT2D eigenvalue weighted by Gasteiger charge is -2.45. The minimum atomic E-state index is -3.85. The van der Waals surface area contributed by atoms with Crippen molar-refractivity contribution in [3.63, 3.8) is 0 Å². The molecule has 9 nitrogen and oxygen atoms in total. The molecule has 3 aliphatic heterocycles. The van der Waals surface area contributed by atoms with Gasteiger partial charge >= 0.3 is 0 Å². The molecule has 7 rings (SSSR count). The van der Waals surface area contributed by atoms with E-state index < -0.39 is 10.0 Å². The van der Waals surface area contributed by atoms with Crippen LogP contribution in [0.1, 0.15) is 86.6 Å². The molecule has 3 saturated heterocycles. The first kappa shape index (κ1) is 33.8. The maximum Gasteiger partial charge on any atom is 0.253 e. The van der Waals surface area contributed by atoms with Crippen molar-refractivity contribution < 1.29 is 17.9 Å². The average molecular weight is 684 g/mol. The van der Waals surface area contributed by atoms with E-state index in [1.54, 1.807) is 26.0 Å². The Bertz CT molecular complexity index is 1900. The van der Waals surface area contributed by atoms with Crippen LogP contribution in [-0.2, 0) is 15.4 Å². The highest BCUT2D eigenvalue weighted by atomic mass is 32.2. The Balaban J connectivity index is 1.06. The summed E-state index contributed by atoms with van der Waals surface area (Å²) in [6.07, 6.45) is 7.60. The number of ether oxygens (including phenoxy) is 1. The molecule has 1 amide bonds. The Morgan fingerprint density at radius 3 is 2.31 bits per heavy atom. The highest BCUT2D eigenvalue weighted by molar-refractivity contribution is 7.89. The number of para-hydroxylation sites is 2. The van der Waals surface area contributed by atoms with Gasteiger partial charge in [0, 0.05) is 42.8 Å². The fourth-order valence-corrected chi connectivity index (χ4v) is 10.4. The van der Waals surface area contributed by atoms with Gasteiger partial charge < -0.3 is 14.2 Å². The summed E-state index contributed by atoms with van der Waals surface area (Å²) in [7, 11) is -2.41. The van der Waals surface area contributed by atoms with E-state index in [0.717, 1.165) is 50.0 Å². The number of fused-ring (bicyclic) bond motifs is 3. The standard InChI is InChI=1S/C39H49N5O4S/c1-27(2)41-49(46,47)37-24-29(14-17-36(37)48-4)38(45)42-21-18-39(19-22-42,30-10-6-5-7-11-30)20-23-43-31-15-16-32(43)26-33(25-31)44-28(3)40-34-12-8-9-13-35(34)44/h5-14,17,24,27,31-33,41H,15-16,18-23,25-26H2,1-4H3/t31-,32?,33?/m0/s1. The zero-order valence-electron chi connectivity index (χ0n) is 29.1. The zero-order valence-corrected chi connectivity index (χ0v) is 30.0. The number of hydrogen-bond donors (Lipinski definition) is 1. The lowest BCUT2D eigenvalue weighted by Crippen LogP contribution is -2.49. The van der Waals surface area contributed by atoms with E-state index in [4.69, 9.17) is 9.72 Å². The predicted molar refractivity (Wildman–Crippen MR) is 193 cm³/mol. The number of aromatic nitrogens is 2. The van der Waals surface area contributed by atoms with Crippen LogP contribution in [0.15, 0.2) is 77.7 Å². The number of nitrogens with zero attached hydrogens (tertiary/aromatic N) is 4. The fraction of sp³-hybridized carbons (Fsp3) is 0.487. The highest BCUT2D eigenvalue weighted by Crippen LogP contribution is 2.45. The summed E-state index contributed by atoms with van der Waals surface area (Å²) < 4.78 is 36.7. The second kappa shape index (κ2) is 13.5. The van der Waals surface area contributed by atoms with Crippen LogP contribution in [0.3, 0.4) is 0 Å². The van der Waals surface area contributed by atoms with Gasteiger partial charge in [-0.2, -0.15) is 0 Å². The van der Waals surface area contributed by atoms with Crippen molar-refractivity contribution in [2.75, 3.05) is 26.7 Å². The maximum atomic E-state index is 13.8. The molecule has 0 saturated carbocycles. The van der Waals surface area contributed by atoms with Gasteiger partial charge in [-0.25, -0.2) is 18.1 Å². The van der Waals surface area contributed by atoms with E-state index in [2.05, 4.69) is 75.7 Å². The SMILES string of the molecule is COc1ccc(C(=O)N2CCC(CCN3C4CC[C@H]3CC(n3c(C)nc5ccccc53)C4)(c3ccccc3)CC2)cc1S(=O)(=O)NC(C)C. The number of likely N-dealkylation sites (tertiary alicyclic amines) is 1. The van der Waals surface area contributed by atoms with Crippen LogP contribution < -0.4 is 9.46 Å². The molecule has 3 atom stereocenters. The van der Waals surface area contributed by atoms with Gasteiger partial charge in [-0.05, 0) is 114 Å². The number of amides is 1. The lowest BCUT2D eigenvalue weighted by molar-refractivity contribution is 0.0606. The Kier molecular flexibility index (Phi) is 9.32. The van der Waals surface area contributed by atoms with E-state index in [1.807, 2.05) is 4.90 Å². The molecule has 0 spiro atoms. The molecule has 3 aromatic carbocycles. The molecule has 4 aromatic rings. The minimum absolute atomic E-state index is 0.0139. The monoisotopic (exact) mass is 683 g/mol. The van der Waals surface area contributed by atoms with Crippen molar-refractivity contribution in [1.29, 1.82) is 0 Å². The summed E-state index contributed by atoms with van der Waals surface area (Å²) in [4.78, 5) is 23.4. The predicted octanol–water partition coefficient (Wildman–Crippen LogP) is 6.47. The Morgan fingerprint density at radius 1 is 0.959 bits per heavy atom. The molecule has 49 heavy (non-hydrogen) atoms. The number of sulfonamides is 1.